The van der Waals surface area contributed by atoms with Crippen LogP contribution >= 0.6 is 0 Å². The fourth-order valence-electron chi connectivity index (χ4n) is 1.97. The molecule has 0 amide bonds. The molecule has 128 valence electrons. The summed E-state index contributed by atoms with van der Waals surface area (Å²) in [5, 5.41) is 11.7. The number of alkyl halides is 3. The third-order valence-electron chi connectivity index (χ3n) is 3.19. The van der Waals surface area contributed by atoms with E-state index in [1.165, 1.54) is 24.5 Å². The fourth-order valence-corrected chi connectivity index (χ4v) is 1.97. The van der Waals surface area contributed by atoms with Crippen LogP contribution in [0.2, 0.25) is 0 Å². The number of anilines is 1. The summed E-state index contributed by atoms with van der Waals surface area (Å²) in [5.74, 6) is -1.90. The van der Waals surface area contributed by atoms with Gasteiger partial charge in [-0.05, 0) is 18.1 Å². The summed E-state index contributed by atoms with van der Waals surface area (Å²) in [7, 11) is 0. The van der Waals surface area contributed by atoms with Gasteiger partial charge < -0.3 is 10.4 Å². The van der Waals surface area contributed by atoms with Gasteiger partial charge in [-0.25, -0.2) is 14.8 Å². The van der Waals surface area contributed by atoms with E-state index in [0.717, 1.165) is 0 Å². The maximum absolute atomic E-state index is 13.1. The van der Waals surface area contributed by atoms with Gasteiger partial charge in [-0.1, -0.05) is 13.8 Å². The lowest BCUT2D eigenvalue weighted by Crippen LogP contribution is -2.34. The molecule has 9 heteroatoms. The largest absolute Gasteiger partial charge is 0.480 e. The number of nitrogens with one attached hydrogen (secondary N) is 1. The number of rotatable bonds is 5. The molecule has 6 nitrogen and oxygen atoms in total. The van der Waals surface area contributed by atoms with Crippen LogP contribution in [-0.2, 0) is 11.0 Å². The first-order valence-electron chi connectivity index (χ1n) is 7.04. The molecular formula is C15H15F3N4O2. The van der Waals surface area contributed by atoms with E-state index in [0.29, 0.717) is 11.6 Å². The Balaban J connectivity index is 2.49. The molecule has 0 bridgehead atoms. The molecule has 0 radical (unpaired) electrons. The van der Waals surface area contributed by atoms with Gasteiger partial charge in [-0.15, -0.1) is 0 Å². The molecule has 0 aromatic carbocycles. The number of carboxylic acid groups (broad SMARTS) is 1. The SMILES string of the molecule is CC(C)[C@@H](Nc1cc(C(F)(F)F)nc(-c2ccncc2)n1)C(=O)O. The Kier molecular flexibility index (Phi) is 5.01. The minimum atomic E-state index is -4.68. The number of aliphatic carboxylic acids is 1. The molecule has 1 atom stereocenters. The summed E-state index contributed by atoms with van der Waals surface area (Å²) in [4.78, 5) is 22.6. The van der Waals surface area contributed by atoms with E-state index in [2.05, 4.69) is 20.3 Å². The van der Waals surface area contributed by atoms with Crippen LogP contribution in [0.5, 0.6) is 0 Å². The Morgan fingerprint density at radius 1 is 1.21 bits per heavy atom. The van der Waals surface area contributed by atoms with Crippen LogP contribution in [0.15, 0.2) is 30.6 Å². The van der Waals surface area contributed by atoms with Crippen molar-refractivity contribution in [2.75, 3.05) is 5.32 Å². The molecule has 0 saturated heterocycles. The zero-order chi connectivity index (χ0) is 17.9. The van der Waals surface area contributed by atoms with Crippen molar-refractivity contribution in [3.63, 3.8) is 0 Å². The van der Waals surface area contributed by atoms with Crippen LogP contribution in [0, 0.1) is 5.92 Å². The molecule has 0 saturated carbocycles. The molecule has 2 N–H and O–H groups in total. The van der Waals surface area contributed by atoms with Crippen molar-refractivity contribution < 1.29 is 23.1 Å². The Morgan fingerprint density at radius 2 is 1.83 bits per heavy atom. The number of hydrogen-bond acceptors (Lipinski definition) is 5. The van der Waals surface area contributed by atoms with Crippen LogP contribution in [-0.4, -0.2) is 32.1 Å². The second-order valence-electron chi connectivity index (χ2n) is 5.40. The summed E-state index contributed by atoms with van der Waals surface area (Å²) in [6.07, 6.45) is -1.88. The van der Waals surface area contributed by atoms with Gasteiger partial charge in [0.05, 0.1) is 0 Å². The monoisotopic (exact) mass is 340 g/mol. The number of nitrogens with zero attached hydrogens (tertiary/aromatic N) is 3. The molecule has 24 heavy (non-hydrogen) atoms. The second kappa shape index (κ2) is 6.81. The van der Waals surface area contributed by atoms with Crippen LogP contribution < -0.4 is 5.32 Å². The molecule has 0 fully saturated rings. The van der Waals surface area contributed by atoms with Crippen LogP contribution in [0.25, 0.3) is 11.4 Å². The van der Waals surface area contributed by atoms with Crippen LogP contribution in [0.4, 0.5) is 19.0 Å². The zero-order valence-corrected chi connectivity index (χ0v) is 12.9. The highest BCUT2D eigenvalue weighted by molar-refractivity contribution is 5.77. The summed E-state index contributed by atoms with van der Waals surface area (Å²) in [6, 6.07) is 2.56. The number of halogens is 3. The molecule has 0 aliphatic rings. The van der Waals surface area contributed by atoms with Crippen molar-refractivity contribution >= 4 is 11.8 Å². The zero-order valence-electron chi connectivity index (χ0n) is 12.9. The van der Waals surface area contributed by atoms with E-state index in [-0.39, 0.29) is 17.6 Å². The van der Waals surface area contributed by atoms with Crippen molar-refractivity contribution in [3.8, 4) is 11.4 Å². The van der Waals surface area contributed by atoms with Crippen molar-refractivity contribution in [1.29, 1.82) is 0 Å². The van der Waals surface area contributed by atoms with Crippen molar-refractivity contribution in [1.82, 2.24) is 15.0 Å². The van der Waals surface area contributed by atoms with E-state index in [1.807, 2.05) is 0 Å². The van der Waals surface area contributed by atoms with Crippen molar-refractivity contribution in [3.05, 3.63) is 36.3 Å². The van der Waals surface area contributed by atoms with Gasteiger partial charge in [-0.2, -0.15) is 13.2 Å². The van der Waals surface area contributed by atoms with E-state index in [9.17, 15) is 23.1 Å². The van der Waals surface area contributed by atoms with Gasteiger partial charge in [0, 0.05) is 24.0 Å². The molecule has 2 rings (SSSR count). The topological polar surface area (TPSA) is 88.0 Å². The number of aromatic nitrogens is 3. The average Bonchev–Trinajstić information content (AvgIpc) is 2.51. The third kappa shape index (κ3) is 4.18. The highest BCUT2D eigenvalue weighted by atomic mass is 19.4. The van der Waals surface area contributed by atoms with Gasteiger partial charge in [0.15, 0.2) is 11.5 Å². The lowest BCUT2D eigenvalue weighted by atomic mass is 10.0. The Morgan fingerprint density at radius 3 is 2.33 bits per heavy atom. The predicted molar refractivity (Wildman–Crippen MR) is 80.1 cm³/mol. The second-order valence-corrected chi connectivity index (χ2v) is 5.40. The lowest BCUT2D eigenvalue weighted by molar-refractivity contribution is -0.141. The normalized spacial score (nSPS) is 12.9. The minimum Gasteiger partial charge on any atom is -0.480 e. The predicted octanol–water partition coefficient (Wildman–Crippen LogP) is 3.08. The molecule has 0 spiro atoms. The third-order valence-corrected chi connectivity index (χ3v) is 3.19. The number of pyridine rings is 1. The van der Waals surface area contributed by atoms with Gasteiger partial charge in [0.25, 0.3) is 0 Å². The Labute approximate surface area is 135 Å². The van der Waals surface area contributed by atoms with E-state index >= 15 is 0 Å². The Bertz CT molecular complexity index is 720. The first-order chi connectivity index (χ1) is 11.2. The highest BCUT2D eigenvalue weighted by Crippen LogP contribution is 2.31. The minimum absolute atomic E-state index is 0.164. The summed E-state index contributed by atoms with van der Waals surface area (Å²) in [6.45, 7) is 3.28. The number of hydrogen-bond donors (Lipinski definition) is 2. The molecule has 2 aromatic heterocycles. The smallest absolute Gasteiger partial charge is 0.433 e. The first kappa shape index (κ1) is 17.6. The maximum Gasteiger partial charge on any atom is 0.433 e. The summed E-state index contributed by atoms with van der Waals surface area (Å²) in [5.41, 5.74) is -0.810. The van der Waals surface area contributed by atoms with Gasteiger partial charge >= 0.3 is 12.1 Å². The number of carboxylic acids is 1. The van der Waals surface area contributed by atoms with Gasteiger partial charge in [0.2, 0.25) is 0 Å². The molecule has 0 unspecified atom stereocenters. The van der Waals surface area contributed by atoms with Crippen molar-refractivity contribution in [2.45, 2.75) is 26.1 Å². The van der Waals surface area contributed by atoms with Crippen LogP contribution in [0.3, 0.4) is 0 Å². The van der Waals surface area contributed by atoms with Gasteiger partial charge in [0.1, 0.15) is 11.9 Å². The maximum atomic E-state index is 13.1. The quantitative estimate of drug-likeness (QED) is 0.870. The highest BCUT2D eigenvalue weighted by Gasteiger charge is 2.34. The van der Waals surface area contributed by atoms with E-state index in [1.54, 1.807) is 13.8 Å². The molecule has 0 aliphatic heterocycles. The van der Waals surface area contributed by atoms with Crippen LogP contribution in [0.1, 0.15) is 19.5 Å². The van der Waals surface area contributed by atoms with E-state index < -0.39 is 23.9 Å². The molecular weight excluding hydrogens is 325 g/mol. The molecule has 2 aromatic rings. The number of carbonyl (C=O) groups is 1. The van der Waals surface area contributed by atoms with E-state index in [4.69, 9.17) is 0 Å². The lowest BCUT2D eigenvalue weighted by Gasteiger charge is -2.19. The Hall–Kier alpha value is -2.71. The fraction of sp³-hybridized carbons (Fsp3) is 0.333. The first-order valence-corrected chi connectivity index (χ1v) is 7.04. The summed E-state index contributed by atoms with van der Waals surface area (Å²) < 4.78 is 39.2. The standard InChI is InChI=1S/C15H15F3N4O2/c1-8(2)12(14(23)24)21-11-7-10(15(16,17)18)20-13(22-11)9-3-5-19-6-4-9/h3-8,12H,1-2H3,(H,23,24)(H,20,21,22)/t12-/m1/s1. The van der Waals surface area contributed by atoms with Gasteiger partial charge in [-0.3, -0.25) is 4.98 Å². The molecule has 0 aliphatic carbocycles. The molecule has 2 heterocycles. The summed E-state index contributed by atoms with van der Waals surface area (Å²) >= 11 is 0. The average molecular weight is 340 g/mol. The van der Waals surface area contributed by atoms with Crippen molar-refractivity contribution in [2.24, 2.45) is 5.92 Å².